The van der Waals surface area contributed by atoms with Gasteiger partial charge in [0, 0.05) is 25.1 Å². The van der Waals surface area contributed by atoms with E-state index in [1.807, 2.05) is 0 Å². The molecule has 1 fully saturated rings. The van der Waals surface area contributed by atoms with Gasteiger partial charge in [0.05, 0.1) is 11.0 Å². The highest BCUT2D eigenvalue weighted by Gasteiger charge is 2.29. The van der Waals surface area contributed by atoms with Crippen molar-refractivity contribution in [2.45, 2.75) is 25.2 Å². The Bertz CT molecular complexity index is 474. The summed E-state index contributed by atoms with van der Waals surface area (Å²) < 4.78 is 5.08. The van der Waals surface area contributed by atoms with Crippen molar-refractivity contribution >= 4 is 11.7 Å². The first kappa shape index (κ1) is 13.4. The predicted molar refractivity (Wildman–Crippen MR) is 65.3 cm³/mol. The van der Waals surface area contributed by atoms with Crippen LogP contribution in [0.4, 0.5) is 5.69 Å². The van der Waals surface area contributed by atoms with Crippen LogP contribution >= 0.6 is 0 Å². The van der Waals surface area contributed by atoms with E-state index < -0.39 is 23.0 Å². The maximum atomic E-state index is 11.6. The van der Waals surface area contributed by atoms with E-state index in [-0.39, 0.29) is 12.3 Å². The molecule has 1 heterocycles. The fourth-order valence-electron chi connectivity index (χ4n) is 1.87. The lowest BCUT2D eigenvalue weighted by Crippen LogP contribution is -2.32. The monoisotopic (exact) mass is 266 g/mol. The number of non-ortho nitro benzene ring substituents is 1. The van der Waals surface area contributed by atoms with E-state index in [0.717, 1.165) is 0 Å². The van der Waals surface area contributed by atoms with Crippen LogP contribution in [0.3, 0.4) is 0 Å². The van der Waals surface area contributed by atoms with E-state index in [2.05, 4.69) is 5.32 Å². The summed E-state index contributed by atoms with van der Waals surface area (Å²) in [5, 5.41) is 22.6. The minimum atomic E-state index is -0.517. The van der Waals surface area contributed by atoms with Gasteiger partial charge < -0.3 is 15.2 Å². The summed E-state index contributed by atoms with van der Waals surface area (Å²) in [5.41, 5.74) is 0.674. The van der Waals surface area contributed by atoms with Crippen molar-refractivity contribution < 1.29 is 19.6 Å². The molecule has 1 aliphatic heterocycles. The van der Waals surface area contributed by atoms with Gasteiger partial charge in [-0.1, -0.05) is 0 Å². The molecule has 1 unspecified atom stereocenters. The molecule has 19 heavy (non-hydrogen) atoms. The minimum absolute atomic E-state index is 0.00402. The van der Waals surface area contributed by atoms with Crippen molar-refractivity contribution in [2.75, 3.05) is 6.54 Å². The largest absolute Gasteiger partial charge is 0.460 e. The molecule has 0 amide bonds. The number of β-amino-alcohol motifs (C(OH)–C–C–N with tert-alkyl or cyclic N) is 1. The lowest BCUT2D eigenvalue weighted by molar-refractivity contribution is -0.384. The van der Waals surface area contributed by atoms with Gasteiger partial charge in [-0.3, -0.25) is 14.9 Å². The first-order valence-electron chi connectivity index (χ1n) is 5.87. The van der Waals surface area contributed by atoms with E-state index in [9.17, 15) is 20.0 Å². The Labute approximate surface area is 109 Å². The fourth-order valence-corrected chi connectivity index (χ4v) is 1.87. The number of aliphatic hydroxyl groups excluding tert-OH is 1. The molecular formula is C12H14N2O5. The van der Waals surface area contributed by atoms with Crippen LogP contribution in [0.25, 0.3) is 0 Å². The van der Waals surface area contributed by atoms with Gasteiger partial charge in [-0.25, -0.2) is 0 Å². The molecule has 0 bridgehead atoms. The fraction of sp³-hybridized carbons (Fsp3) is 0.417. The number of carbonyl (C=O) groups is 1. The van der Waals surface area contributed by atoms with Crippen molar-refractivity contribution in [1.82, 2.24) is 5.32 Å². The quantitative estimate of drug-likeness (QED) is 0.463. The number of hydrogen-bond acceptors (Lipinski definition) is 6. The van der Waals surface area contributed by atoms with Crippen molar-refractivity contribution in [3.63, 3.8) is 0 Å². The third kappa shape index (κ3) is 3.49. The minimum Gasteiger partial charge on any atom is -0.460 e. The first-order valence-corrected chi connectivity index (χ1v) is 5.87. The number of nitro groups is 1. The molecule has 0 saturated carbocycles. The van der Waals surface area contributed by atoms with Crippen LogP contribution in [-0.2, 0) is 16.1 Å². The van der Waals surface area contributed by atoms with Gasteiger partial charge >= 0.3 is 5.97 Å². The lowest BCUT2D eigenvalue weighted by atomic mass is 10.2. The lowest BCUT2D eigenvalue weighted by Gasteiger charge is -2.10. The number of benzene rings is 1. The molecule has 1 aromatic carbocycles. The predicted octanol–water partition coefficient (Wildman–Crippen LogP) is 0.361. The molecule has 0 spiro atoms. The van der Waals surface area contributed by atoms with Gasteiger partial charge in [-0.2, -0.15) is 0 Å². The highest BCUT2D eigenvalue weighted by Crippen LogP contribution is 2.14. The van der Waals surface area contributed by atoms with E-state index in [1.54, 1.807) is 12.1 Å². The van der Waals surface area contributed by atoms with Crippen molar-refractivity contribution in [3.05, 3.63) is 39.9 Å². The zero-order valence-electron chi connectivity index (χ0n) is 10.1. The molecule has 7 heteroatoms. The molecule has 7 nitrogen and oxygen atoms in total. The number of rotatable bonds is 4. The molecule has 1 aliphatic rings. The van der Waals surface area contributed by atoms with Crippen molar-refractivity contribution in [2.24, 2.45) is 0 Å². The number of ether oxygens (including phenoxy) is 1. The number of nitrogens with zero attached hydrogens (tertiary/aromatic N) is 1. The Kier molecular flexibility index (Phi) is 4.08. The van der Waals surface area contributed by atoms with E-state index >= 15 is 0 Å². The number of carbonyl (C=O) groups excluding carboxylic acids is 1. The Morgan fingerprint density at radius 3 is 2.68 bits per heavy atom. The summed E-state index contributed by atoms with van der Waals surface area (Å²) in [6.07, 6.45) is -0.170. The van der Waals surface area contributed by atoms with E-state index in [4.69, 9.17) is 4.74 Å². The number of nitrogens with one attached hydrogen (secondary N) is 1. The van der Waals surface area contributed by atoms with Crippen LogP contribution in [0, 0.1) is 10.1 Å². The molecule has 2 rings (SSSR count). The van der Waals surface area contributed by atoms with Crippen LogP contribution in [0.5, 0.6) is 0 Å². The summed E-state index contributed by atoms with van der Waals surface area (Å²) in [6.45, 7) is 0.447. The summed E-state index contributed by atoms with van der Waals surface area (Å²) in [5.74, 6) is -0.421. The number of esters is 1. The molecule has 2 atom stereocenters. The van der Waals surface area contributed by atoms with Gasteiger partial charge in [-0.15, -0.1) is 0 Å². The average molecular weight is 266 g/mol. The van der Waals surface area contributed by atoms with Gasteiger partial charge in [0.15, 0.2) is 0 Å². The number of hydrogen-bond donors (Lipinski definition) is 2. The Morgan fingerprint density at radius 2 is 2.16 bits per heavy atom. The zero-order valence-corrected chi connectivity index (χ0v) is 10.1. The normalized spacial score (nSPS) is 22.2. The van der Waals surface area contributed by atoms with Gasteiger partial charge in [0.25, 0.3) is 5.69 Å². The average Bonchev–Trinajstić information content (AvgIpc) is 2.83. The van der Waals surface area contributed by atoms with E-state index in [1.165, 1.54) is 12.1 Å². The second-order valence-electron chi connectivity index (χ2n) is 4.38. The SMILES string of the molecule is O=C(OCc1ccc([N+](=O)[O-])cc1)C1C[C@H](O)CN1. The van der Waals surface area contributed by atoms with Crippen LogP contribution in [0.2, 0.25) is 0 Å². The summed E-state index contributed by atoms with van der Waals surface area (Å²) in [6, 6.07) is 5.33. The maximum absolute atomic E-state index is 11.6. The van der Waals surface area contributed by atoms with Crippen molar-refractivity contribution in [1.29, 1.82) is 0 Å². The third-order valence-electron chi connectivity index (χ3n) is 2.92. The van der Waals surface area contributed by atoms with Gasteiger partial charge in [0.2, 0.25) is 0 Å². The highest BCUT2D eigenvalue weighted by atomic mass is 16.6. The van der Waals surface area contributed by atoms with Crippen LogP contribution in [0.1, 0.15) is 12.0 Å². The number of nitro benzene ring substituents is 1. The topological polar surface area (TPSA) is 102 Å². The van der Waals surface area contributed by atoms with Crippen LogP contribution < -0.4 is 5.32 Å². The molecule has 102 valence electrons. The number of aliphatic hydroxyl groups is 1. The van der Waals surface area contributed by atoms with Crippen LogP contribution in [-0.4, -0.2) is 34.7 Å². The molecule has 2 N–H and O–H groups in total. The van der Waals surface area contributed by atoms with E-state index in [0.29, 0.717) is 18.5 Å². The highest BCUT2D eigenvalue weighted by molar-refractivity contribution is 5.76. The molecule has 1 aromatic rings. The smallest absolute Gasteiger partial charge is 0.323 e. The van der Waals surface area contributed by atoms with Crippen LogP contribution in [0.15, 0.2) is 24.3 Å². The third-order valence-corrected chi connectivity index (χ3v) is 2.92. The molecule has 0 aliphatic carbocycles. The second kappa shape index (κ2) is 5.77. The van der Waals surface area contributed by atoms with Crippen molar-refractivity contribution in [3.8, 4) is 0 Å². The Morgan fingerprint density at radius 1 is 1.47 bits per heavy atom. The second-order valence-corrected chi connectivity index (χ2v) is 4.38. The summed E-state index contributed by atoms with van der Waals surface area (Å²) in [4.78, 5) is 21.6. The van der Waals surface area contributed by atoms with Gasteiger partial charge in [-0.05, 0) is 17.7 Å². The van der Waals surface area contributed by atoms with Gasteiger partial charge in [0.1, 0.15) is 12.6 Å². The molecule has 1 saturated heterocycles. The maximum Gasteiger partial charge on any atom is 0.323 e. The summed E-state index contributed by atoms with van der Waals surface area (Å²) >= 11 is 0. The first-order chi connectivity index (χ1) is 9.06. The molecule has 0 aromatic heterocycles. The summed E-state index contributed by atoms with van der Waals surface area (Å²) in [7, 11) is 0. The molecular weight excluding hydrogens is 252 g/mol. The Hall–Kier alpha value is -1.99. The Balaban J connectivity index is 1.85. The zero-order chi connectivity index (χ0) is 13.8. The standard InChI is InChI=1S/C12H14N2O5/c15-10-5-11(13-6-10)12(16)19-7-8-1-3-9(4-2-8)14(17)18/h1-4,10-11,13,15H,5-7H2/t10-,11?/m0/s1. The molecule has 0 radical (unpaired) electrons.